The maximum absolute atomic E-state index is 9.32. The number of benzene rings is 1. The quantitative estimate of drug-likeness (QED) is 0.875. The van der Waals surface area contributed by atoms with Crippen LogP contribution in [0.25, 0.3) is 0 Å². The maximum Gasteiger partial charge on any atom is 0.168 e. The number of rotatable bonds is 5. The van der Waals surface area contributed by atoms with Gasteiger partial charge in [0.1, 0.15) is 0 Å². The Bertz CT molecular complexity index is 570. The normalized spacial score (nSPS) is 24.4. The first-order chi connectivity index (χ1) is 12.8. The minimum atomic E-state index is -0.217. The third-order valence-electron chi connectivity index (χ3n) is 6.36. The van der Waals surface area contributed by atoms with Crippen LogP contribution in [-0.4, -0.2) is 61.7 Å². The third kappa shape index (κ3) is 4.22. The van der Waals surface area contributed by atoms with Crippen molar-refractivity contribution in [2.24, 2.45) is 5.92 Å². The molecular weight excluding hydrogens is 328 g/mol. The number of piperazine rings is 1. The first-order valence-electron chi connectivity index (χ1n) is 10.2. The number of anilines is 1. The second-order valence-electron chi connectivity index (χ2n) is 8.00. The zero-order valence-corrected chi connectivity index (χ0v) is 15.7. The summed E-state index contributed by atoms with van der Waals surface area (Å²) in [5.74, 6) is 0.610. The number of hydrogen-bond acceptors (Lipinski definition) is 5. The highest BCUT2D eigenvalue weighted by Gasteiger charge is 2.40. The molecule has 1 aromatic rings. The van der Waals surface area contributed by atoms with Crippen molar-refractivity contribution in [2.75, 3.05) is 50.8 Å². The van der Waals surface area contributed by atoms with Crippen LogP contribution in [0.3, 0.4) is 0 Å². The molecule has 0 unspecified atom stereocenters. The molecule has 0 amide bonds. The van der Waals surface area contributed by atoms with E-state index in [2.05, 4.69) is 21.9 Å². The Morgan fingerprint density at radius 3 is 2.46 bits per heavy atom. The minimum absolute atomic E-state index is 0.118. The second kappa shape index (κ2) is 8.26. The summed E-state index contributed by atoms with van der Waals surface area (Å²) in [7, 11) is 0. The third-order valence-corrected chi connectivity index (χ3v) is 6.36. The zero-order valence-electron chi connectivity index (χ0n) is 15.7. The summed E-state index contributed by atoms with van der Waals surface area (Å²) in [5.41, 5.74) is 2.24. The average Bonchev–Trinajstić information content (AvgIpc) is 3.16. The summed E-state index contributed by atoms with van der Waals surface area (Å²) >= 11 is 0. The number of aliphatic hydroxyl groups is 1. The Balaban J connectivity index is 1.18. The lowest BCUT2D eigenvalue weighted by molar-refractivity contribution is -0.182. The maximum atomic E-state index is 9.32. The van der Waals surface area contributed by atoms with Gasteiger partial charge in [-0.15, -0.1) is 0 Å². The largest absolute Gasteiger partial charge is 0.392 e. The van der Waals surface area contributed by atoms with Gasteiger partial charge < -0.3 is 19.5 Å². The summed E-state index contributed by atoms with van der Waals surface area (Å²) < 4.78 is 11.7. The molecule has 2 heterocycles. The second-order valence-corrected chi connectivity index (χ2v) is 8.00. The molecule has 4 rings (SSSR count). The minimum Gasteiger partial charge on any atom is -0.392 e. The highest BCUT2D eigenvalue weighted by molar-refractivity contribution is 5.49. The fraction of sp³-hybridized carbons (Fsp3) is 0.714. The van der Waals surface area contributed by atoms with Crippen LogP contribution < -0.4 is 4.90 Å². The van der Waals surface area contributed by atoms with Gasteiger partial charge in [0.2, 0.25) is 0 Å². The molecule has 3 aliphatic rings. The van der Waals surface area contributed by atoms with Gasteiger partial charge in [-0.3, -0.25) is 4.90 Å². The molecule has 1 aliphatic carbocycles. The van der Waals surface area contributed by atoms with Crippen molar-refractivity contribution in [1.29, 1.82) is 0 Å². The van der Waals surface area contributed by atoms with E-state index in [9.17, 15) is 5.11 Å². The van der Waals surface area contributed by atoms with Gasteiger partial charge in [0.15, 0.2) is 5.79 Å². The van der Waals surface area contributed by atoms with Gasteiger partial charge >= 0.3 is 0 Å². The summed E-state index contributed by atoms with van der Waals surface area (Å²) in [6, 6.07) is 8.29. The molecular formula is C21H32N2O3. The van der Waals surface area contributed by atoms with Crippen LogP contribution in [-0.2, 0) is 16.1 Å². The highest BCUT2D eigenvalue weighted by atomic mass is 16.7. The molecule has 0 atom stereocenters. The molecule has 1 aromatic carbocycles. The van der Waals surface area contributed by atoms with Gasteiger partial charge in [-0.25, -0.2) is 0 Å². The number of hydrogen-bond donors (Lipinski definition) is 1. The van der Waals surface area contributed by atoms with Gasteiger partial charge in [-0.1, -0.05) is 12.1 Å². The fourth-order valence-electron chi connectivity index (χ4n) is 4.64. The van der Waals surface area contributed by atoms with Crippen molar-refractivity contribution in [3.05, 3.63) is 29.8 Å². The van der Waals surface area contributed by atoms with Gasteiger partial charge in [-0.2, -0.15) is 0 Å². The molecule has 1 saturated carbocycles. The van der Waals surface area contributed by atoms with Crippen LogP contribution in [0.15, 0.2) is 24.3 Å². The van der Waals surface area contributed by atoms with E-state index in [0.29, 0.717) is 0 Å². The van der Waals surface area contributed by atoms with E-state index in [1.807, 2.05) is 12.1 Å². The number of nitrogens with zero attached hydrogens (tertiary/aromatic N) is 2. The molecule has 5 heteroatoms. The monoisotopic (exact) mass is 360 g/mol. The molecule has 2 saturated heterocycles. The Kier molecular flexibility index (Phi) is 5.79. The Morgan fingerprint density at radius 2 is 1.77 bits per heavy atom. The predicted octanol–water partition coefficient (Wildman–Crippen LogP) is 2.62. The molecule has 26 heavy (non-hydrogen) atoms. The lowest BCUT2D eigenvalue weighted by Crippen LogP contribution is -2.47. The molecule has 0 radical (unpaired) electrons. The van der Waals surface area contributed by atoms with E-state index in [4.69, 9.17) is 9.47 Å². The van der Waals surface area contributed by atoms with Crippen molar-refractivity contribution < 1.29 is 14.6 Å². The van der Waals surface area contributed by atoms with Crippen LogP contribution in [0.4, 0.5) is 5.69 Å². The van der Waals surface area contributed by atoms with Crippen LogP contribution in [0.1, 0.15) is 37.7 Å². The first-order valence-corrected chi connectivity index (χ1v) is 10.2. The van der Waals surface area contributed by atoms with E-state index in [1.54, 1.807) is 0 Å². The van der Waals surface area contributed by atoms with E-state index in [-0.39, 0.29) is 12.4 Å². The van der Waals surface area contributed by atoms with Gasteiger partial charge in [-0.05, 0) is 49.4 Å². The van der Waals surface area contributed by atoms with Crippen LogP contribution in [0.5, 0.6) is 0 Å². The van der Waals surface area contributed by atoms with E-state index in [1.165, 1.54) is 31.5 Å². The summed E-state index contributed by atoms with van der Waals surface area (Å²) in [6.45, 7) is 7.29. The van der Waals surface area contributed by atoms with Crippen molar-refractivity contribution in [1.82, 2.24) is 4.90 Å². The fourth-order valence-corrected chi connectivity index (χ4v) is 4.64. The van der Waals surface area contributed by atoms with Crippen LogP contribution in [0.2, 0.25) is 0 Å². The number of aliphatic hydroxyl groups excluding tert-OH is 1. The smallest absolute Gasteiger partial charge is 0.168 e. The van der Waals surface area contributed by atoms with Crippen molar-refractivity contribution in [2.45, 2.75) is 44.5 Å². The van der Waals surface area contributed by atoms with Gasteiger partial charge in [0.25, 0.3) is 0 Å². The predicted molar refractivity (Wildman–Crippen MR) is 102 cm³/mol. The van der Waals surface area contributed by atoms with Crippen LogP contribution in [0, 0.1) is 5.92 Å². The Hall–Kier alpha value is -1.14. The van der Waals surface area contributed by atoms with Crippen molar-refractivity contribution >= 4 is 5.69 Å². The lowest BCUT2D eigenvalue weighted by Gasteiger charge is -2.38. The Morgan fingerprint density at radius 1 is 1.04 bits per heavy atom. The van der Waals surface area contributed by atoms with E-state index >= 15 is 0 Å². The standard InChI is InChI=1S/C21H32N2O3/c24-17-19-2-1-3-20(16-19)23-12-10-22(11-13-23)9-6-18-4-7-21(8-5-18)25-14-15-26-21/h1-3,16,18,24H,4-15,17H2. The Labute approximate surface area is 156 Å². The molecule has 0 aromatic heterocycles. The molecule has 5 nitrogen and oxygen atoms in total. The molecule has 1 spiro atoms. The van der Waals surface area contributed by atoms with Gasteiger partial charge in [0.05, 0.1) is 19.8 Å². The zero-order chi connectivity index (χ0) is 17.8. The topological polar surface area (TPSA) is 45.2 Å². The molecule has 144 valence electrons. The first kappa shape index (κ1) is 18.2. The van der Waals surface area contributed by atoms with Crippen molar-refractivity contribution in [3.8, 4) is 0 Å². The highest BCUT2D eigenvalue weighted by Crippen LogP contribution is 2.39. The molecule has 1 N–H and O–H groups in total. The van der Waals surface area contributed by atoms with E-state index in [0.717, 1.165) is 63.7 Å². The SMILES string of the molecule is OCc1cccc(N2CCN(CCC3CCC4(CC3)OCCO4)CC2)c1. The molecule has 0 bridgehead atoms. The van der Waals surface area contributed by atoms with E-state index < -0.39 is 0 Å². The summed E-state index contributed by atoms with van der Waals surface area (Å²) in [6.07, 6.45) is 5.94. The summed E-state index contributed by atoms with van der Waals surface area (Å²) in [4.78, 5) is 5.05. The summed E-state index contributed by atoms with van der Waals surface area (Å²) in [5, 5.41) is 9.32. The van der Waals surface area contributed by atoms with Gasteiger partial charge in [0, 0.05) is 44.7 Å². The van der Waals surface area contributed by atoms with Crippen LogP contribution >= 0.6 is 0 Å². The van der Waals surface area contributed by atoms with Crippen molar-refractivity contribution in [3.63, 3.8) is 0 Å². The molecule has 3 fully saturated rings. The number of ether oxygens (including phenoxy) is 2. The molecule has 2 aliphatic heterocycles. The lowest BCUT2D eigenvalue weighted by atomic mass is 9.83. The average molecular weight is 360 g/mol.